The van der Waals surface area contributed by atoms with E-state index in [9.17, 15) is 13.2 Å². The van der Waals surface area contributed by atoms with Crippen LogP contribution in [0.25, 0.3) is 10.8 Å². The molecule has 1 atom stereocenters. The van der Waals surface area contributed by atoms with Crippen molar-refractivity contribution in [2.24, 2.45) is 5.92 Å². The molecule has 1 amide bonds. The van der Waals surface area contributed by atoms with Crippen molar-refractivity contribution in [2.75, 3.05) is 13.1 Å². The Kier molecular flexibility index (Phi) is 6.46. The van der Waals surface area contributed by atoms with Crippen LogP contribution < -0.4 is 5.32 Å². The van der Waals surface area contributed by atoms with Gasteiger partial charge in [-0.15, -0.1) is 0 Å². The third-order valence-corrected chi connectivity index (χ3v) is 8.28. The summed E-state index contributed by atoms with van der Waals surface area (Å²) in [4.78, 5) is 13.1. The number of carbonyl (C=O) groups excluding carboxylic acids is 1. The number of hydrogen-bond acceptors (Lipinski definition) is 3. The first-order valence-corrected chi connectivity index (χ1v) is 12.6. The van der Waals surface area contributed by atoms with Crippen LogP contribution in [0.1, 0.15) is 31.4 Å². The fourth-order valence-corrected chi connectivity index (χ4v) is 5.95. The van der Waals surface area contributed by atoms with Gasteiger partial charge in [-0.3, -0.25) is 4.79 Å². The molecule has 1 N–H and O–H groups in total. The minimum Gasteiger partial charge on any atom is -0.349 e. The van der Waals surface area contributed by atoms with Crippen LogP contribution in [0, 0.1) is 5.92 Å². The van der Waals surface area contributed by atoms with Crippen molar-refractivity contribution in [3.05, 3.63) is 76.8 Å². The molecule has 1 heterocycles. The minimum atomic E-state index is -3.58. The molecule has 0 radical (unpaired) electrons. The van der Waals surface area contributed by atoms with Gasteiger partial charge in [-0.05, 0) is 60.4 Å². The van der Waals surface area contributed by atoms with Crippen molar-refractivity contribution in [2.45, 2.75) is 30.7 Å². The number of carbonyl (C=O) groups is 1. The van der Waals surface area contributed by atoms with E-state index >= 15 is 0 Å². The van der Waals surface area contributed by atoms with E-state index in [4.69, 9.17) is 0 Å². The fraction of sp³-hybridized carbons (Fsp3) is 0.292. The van der Waals surface area contributed by atoms with Gasteiger partial charge < -0.3 is 5.32 Å². The van der Waals surface area contributed by atoms with Crippen molar-refractivity contribution in [1.82, 2.24) is 9.62 Å². The van der Waals surface area contributed by atoms with Crippen molar-refractivity contribution in [3.63, 3.8) is 0 Å². The number of sulfonamides is 1. The lowest BCUT2D eigenvalue weighted by Crippen LogP contribution is -2.43. The Morgan fingerprint density at radius 3 is 2.42 bits per heavy atom. The van der Waals surface area contributed by atoms with Crippen molar-refractivity contribution >= 4 is 42.6 Å². The van der Waals surface area contributed by atoms with Crippen molar-refractivity contribution < 1.29 is 13.2 Å². The quantitative estimate of drug-likeness (QED) is 0.542. The molecule has 1 fully saturated rings. The Morgan fingerprint density at radius 2 is 1.71 bits per heavy atom. The number of benzene rings is 3. The number of halogens is 1. The predicted octanol–water partition coefficient (Wildman–Crippen LogP) is 4.88. The molecule has 0 saturated carbocycles. The highest BCUT2D eigenvalue weighted by molar-refractivity contribution is 9.10. The van der Waals surface area contributed by atoms with Gasteiger partial charge in [-0.1, -0.05) is 58.4 Å². The molecule has 1 aliphatic heterocycles. The maximum Gasteiger partial charge on any atom is 0.243 e. The van der Waals surface area contributed by atoms with Crippen LogP contribution in [0.3, 0.4) is 0 Å². The second-order valence-electron chi connectivity index (χ2n) is 7.97. The Balaban J connectivity index is 1.39. The SMILES string of the molecule is C[C@@H](NC(=O)C1CCN(S(=O)(=O)c2ccc3ccccc3c2)CC1)c1cccc(Br)c1. The lowest BCUT2D eigenvalue weighted by molar-refractivity contribution is -0.126. The predicted molar refractivity (Wildman–Crippen MR) is 126 cm³/mol. The maximum absolute atomic E-state index is 13.1. The van der Waals surface area contributed by atoms with E-state index in [-0.39, 0.29) is 17.9 Å². The molecular formula is C24H25BrN2O3S. The minimum absolute atomic E-state index is 0.0183. The molecule has 3 aromatic rings. The number of fused-ring (bicyclic) bond motifs is 1. The smallest absolute Gasteiger partial charge is 0.243 e. The zero-order valence-corrected chi connectivity index (χ0v) is 19.7. The van der Waals surface area contributed by atoms with Crippen molar-refractivity contribution in [1.29, 1.82) is 0 Å². The van der Waals surface area contributed by atoms with E-state index in [1.807, 2.05) is 61.5 Å². The van der Waals surface area contributed by atoms with E-state index in [0.717, 1.165) is 20.8 Å². The molecule has 1 saturated heterocycles. The van der Waals surface area contributed by atoms with Crippen LogP contribution in [0.5, 0.6) is 0 Å². The van der Waals surface area contributed by atoms with Gasteiger partial charge >= 0.3 is 0 Å². The average Bonchev–Trinajstić information content (AvgIpc) is 2.78. The van der Waals surface area contributed by atoms with Gasteiger partial charge in [-0.2, -0.15) is 4.31 Å². The zero-order chi connectivity index (χ0) is 22.0. The van der Waals surface area contributed by atoms with E-state index in [1.165, 1.54) is 4.31 Å². The largest absolute Gasteiger partial charge is 0.349 e. The van der Waals surface area contributed by atoms with Crippen molar-refractivity contribution in [3.8, 4) is 0 Å². The third-order valence-electron chi connectivity index (χ3n) is 5.89. The molecule has 162 valence electrons. The Hall–Kier alpha value is -2.22. The molecule has 7 heteroatoms. The van der Waals surface area contributed by atoms with Crippen LogP contribution in [0.15, 0.2) is 76.1 Å². The van der Waals surface area contributed by atoms with Crippen LogP contribution in [0.2, 0.25) is 0 Å². The molecule has 0 aliphatic carbocycles. The summed E-state index contributed by atoms with van der Waals surface area (Å²) in [5.41, 5.74) is 1.03. The van der Waals surface area contributed by atoms with Gasteiger partial charge in [0.1, 0.15) is 0 Å². The second-order valence-corrected chi connectivity index (χ2v) is 10.8. The van der Waals surface area contributed by atoms with Gasteiger partial charge in [0.25, 0.3) is 0 Å². The summed E-state index contributed by atoms with van der Waals surface area (Å²) < 4.78 is 28.7. The third kappa shape index (κ3) is 4.84. The molecule has 5 nitrogen and oxygen atoms in total. The topological polar surface area (TPSA) is 66.5 Å². The summed E-state index contributed by atoms with van der Waals surface area (Å²) >= 11 is 3.46. The van der Waals surface area contributed by atoms with Gasteiger partial charge in [0.05, 0.1) is 10.9 Å². The van der Waals surface area contributed by atoms with Crippen LogP contribution in [-0.4, -0.2) is 31.7 Å². The molecule has 0 spiro atoms. The molecule has 4 rings (SSSR count). The van der Waals surface area contributed by atoms with E-state index in [0.29, 0.717) is 30.8 Å². The molecule has 3 aromatic carbocycles. The summed E-state index contributed by atoms with van der Waals surface area (Å²) in [6.07, 6.45) is 1.04. The lowest BCUT2D eigenvalue weighted by Gasteiger charge is -2.31. The first-order valence-electron chi connectivity index (χ1n) is 10.4. The zero-order valence-electron chi connectivity index (χ0n) is 17.3. The van der Waals surface area contributed by atoms with E-state index in [2.05, 4.69) is 21.2 Å². The van der Waals surface area contributed by atoms with Gasteiger partial charge in [0, 0.05) is 23.5 Å². The summed E-state index contributed by atoms with van der Waals surface area (Å²) in [5.74, 6) is -0.201. The summed E-state index contributed by atoms with van der Waals surface area (Å²) in [6.45, 7) is 2.65. The van der Waals surface area contributed by atoms with E-state index < -0.39 is 10.0 Å². The Morgan fingerprint density at radius 1 is 1.00 bits per heavy atom. The molecule has 0 unspecified atom stereocenters. The number of piperidine rings is 1. The normalized spacial score (nSPS) is 16.8. The van der Waals surface area contributed by atoms with E-state index in [1.54, 1.807) is 12.1 Å². The molecule has 1 aliphatic rings. The first-order chi connectivity index (χ1) is 14.8. The van der Waals surface area contributed by atoms with Gasteiger partial charge in [-0.25, -0.2) is 8.42 Å². The monoisotopic (exact) mass is 500 g/mol. The molecule has 0 bridgehead atoms. The molecule has 0 aromatic heterocycles. The highest BCUT2D eigenvalue weighted by Gasteiger charge is 2.32. The summed E-state index contributed by atoms with van der Waals surface area (Å²) in [7, 11) is -3.58. The molecular weight excluding hydrogens is 476 g/mol. The average molecular weight is 501 g/mol. The van der Waals surface area contributed by atoms with Gasteiger partial charge in [0.2, 0.25) is 15.9 Å². The number of rotatable bonds is 5. The summed E-state index contributed by atoms with van der Waals surface area (Å²) in [5, 5.41) is 4.98. The number of nitrogens with zero attached hydrogens (tertiary/aromatic N) is 1. The lowest BCUT2D eigenvalue weighted by atomic mass is 9.96. The summed E-state index contributed by atoms with van der Waals surface area (Å²) in [6, 6.07) is 20.7. The fourth-order valence-electron chi connectivity index (χ4n) is 4.03. The van der Waals surface area contributed by atoms with Crippen LogP contribution >= 0.6 is 15.9 Å². The number of amides is 1. The van der Waals surface area contributed by atoms with Crippen LogP contribution in [0.4, 0.5) is 0 Å². The highest BCUT2D eigenvalue weighted by Crippen LogP contribution is 2.27. The maximum atomic E-state index is 13.1. The Labute approximate surface area is 191 Å². The highest BCUT2D eigenvalue weighted by atomic mass is 79.9. The first kappa shape index (κ1) is 22.0. The number of hydrogen-bond donors (Lipinski definition) is 1. The van der Waals surface area contributed by atoms with Gasteiger partial charge in [0.15, 0.2) is 0 Å². The number of nitrogens with one attached hydrogen (secondary N) is 1. The molecule has 31 heavy (non-hydrogen) atoms. The Bertz CT molecular complexity index is 1200. The van der Waals surface area contributed by atoms with Crippen LogP contribution in [-0.2, 0) is 14.8 Å². The second kappa shape index (κ2) is 9.10. The standard InChI is InChI=1S/C24H25BrN2O3S/c1-17(20-7-4-8-22(25)15-20)26-24(28)19-11-13-27(14-12-19)31(29,30)23-10-9-18-5-2-3-6-21(18)16-23/h2-10,15-17,19H,11-14H2,1H3,(H,26,28)/t17-/m1/s1.